The lowest BCUT2D eigenvalue weighted by Crippen LogP contribution is -2.66. The zero-order chi connectivity index (χ0) is 13.8. The Bertz CT molecular complexity index is 444. The number of ether oxygens (including phenoxy) is 1. The zero-order valence-corrected chi connectivity index (χ0v) is 10.7. The van der Waals surface area contributed by atoms with Gasteiger partial charge in [-0.25, -0.2) is 0 Å². The van der Waals surface area contributed by atoms with E-state index in [2.05, 4.69) is 4.99 Å². The van der Waals surface area contributed by atoms with Crippen LogP contribution in [0.4, 0.5) is 0 Å². The molecule has 0 radical (unpaired) electrons. The number of aliphatic hydroxyl groups is 4. The molecule has 0 aromatic carbocycles. The zero-order valence-electron chi connectivity index (χ0n) is 9.84. The second-order valence-corrected chi connectivity index (χ2v) is 5.83. The van der Waals surface area contributed by atoms with Crippen LogP contribution in [0, 0.1) is 0 Å². The Morgan fingerprint density at radius 1 is 1.42 bits per heavy atom. The molecule has 0 aromatic heterocycles. The average molecular weight is 290 g/mol. The Labute approximate surface area is 112 Å². The molecule has 2 fully saturated rings. The van der Waals surface area contributed by atoms with Gasteiger partial charge < -0.3 is 25.2 Å². The fourth-order valence-electron chi connectivity index (χ4n) is 2.47. The molecule has 19 heavy (non-hydrogen) atoms. The highest BCUT2D eigenvalue weighted by atomic mass is 32.2. The Kier molecular flexibility index (Phi) is 3.08. The van der Waals surface area contributed by atoms with Gasteiger partial charge in [0.1, 0.15) is 24.4 Å². The van der Waals surface area contributed by atoms with E-state index in [1.54, 1.807) is 0 Å². The van der Waals surface area contributed by atoms with Gasteiger partial charge in [0.05, 0.1) is 13.2 Å². The Hall–Kier alpha value is -0.710. The number of carbonyl (C=O) groups excluding carboxylic acids is 1. The summed E-state index contributed by atoms with van der Waals surface area (Å²) in [7, 11) is 0. The second-order valence-electron chi connectivity index (χ2n) is 4.66. The third-order valence-corrected chi connectivity index (χ3v) is 4.89. The molecule has 9 heteroatoms. The van der Waals surface area contributed by atoms with E-state index in [1.807, 2.05) is 0 Å². The molecule has 0 aromatic rings. The summed E-state index contributed by atoms with van der Waals surface area (Å²) in [5.41, 5.74) is 0. The van der Waals surface area contributed by atoms with Crippen molar-refractivity contribution in [2.24, 2.45) is 4.99 Å². The maximum absolute atomic E-state index is 12.4. The number of hydrogen-bond donors (Lipinski definition) is 4. The minimum atomic E-state index is -1.73. The normalized spacial score (nSPS) is 45.8. The van der Waals surface area contributed by atoms with Crippen LogP contribution < -0.4 is 0 Å². The first-order valence-corrected chi connectivity index (χ1v) is 6.71. The summed E-state index contributed by atoms with van der Waals surface area (Å²) in [4.78, 5) is 16.1. The van der Waals surface area contributed by atoms with Crippen LogP contribution in [0.2, 0.25) is 0 Å². The van der Waals surface area contributed by atoms with Crippen molar-refractivity contribution in [2.45, 2.75) is 29.3 Å². The highest BCUT2D eigenvalue weighted by Crippen LogP contribution is 2.47. The SMILES string of the molecule is O=C1N2CCN=C2S[C@@]12O[C@H](CO)[C@@H](O)[C@H](O)[C@H]2O. The Balaban J connectivity index is 1.97. The van der Waals surface area contributed by atoms with Crippen molar-refractivity contribution < 1.29 is 30.0 Å². The van der Waals surface area contributed by atoms with Crippen molar-refractivity contribution in [1.29, 1.82) is 0 Å². The number of amides is 1. The highest BCUT2D eigenvalue weighted by Gasteiger charge is 2.64. The van der Waals surface area contributed by atoms with Gasteiger partial charge in [-0.05, 0) is 11.8 Å². The summed E-state index contributed by atoms with van der Waals surface area (Å²) in [6.45, 7) is 0.337. The first kappa shape index (κ1) is 13.3. The van der Waals surface area contributed by atoms with E-state index in [-0.39, 0.29) is 0 Å². The topological polar surface area (TPSA) is 123 Å². The van der Waals surface area contributed by atoms with E-state index in [1.165, 1.54) is 4.90 Å². The Morgan fingerprint density at radius 3 is 2.79 bits per heavy atom. The van der Waals surface area contributed by atoms with Gasteiger partial charge in [-0.15, -0.1) is 0 Å². The molecule has 106 valence electrons. The minimum Gasteiger partial charge on any atom is -0.394 e. The van der Waals surface area contributed by atoms with Crippen LogP contribution in [0.15, 0.2) is 4.99 Å². The van der Waals surface area contributed by atoms with Crippen molar-refractivity contribution in [1.82, 2.24) is 4.90 Å². The van der Waals surface area contributed by atoms with Crippen LogP contribution >= 0.6 is 11.8 Å². The molecule has 8 nitrogen and oxygen atoms in total. The molecule has 2 saturated heterocycles. The second kappa shape index (κ2) is 4.40. The van der Waals surface area contributed by atoms with Gasteiger partial charge in [0.2, 0.25) is 4.93 Å². The number of amidine groups is 1. The fraction of sp³-hybridized carbons (Fsp3) is 0.800. The molecule has 0 aliphatic carbocycles. The smallest absolute Gasteiger partial charge is 0.274 e. The molecule has 3 aliphatic heterocycles. The van der Waals surface area contributed by atoms with E-state index in [0.717, 1.165) is 11.8 Å². The molecule has 1 spiro atoms. The molecule has 5 atom stereocenters. The predicted octanol–water partition coefficient (Wildman–Crippen LogP) is -2.90. The molecule has 0 saturated carbocycles. The highest BCUT2D eigenvalue weighted by molar-refractivity contribution is 8.16. The van der Waals surface area contributed by atoms with Crippen molar-refractivity contribution in [3.05, 3.63) is 0 Å². The summed E-state index contributed by atoms with van der Waals surface area (Å²) in [6.07, 6.45) is -5.73. The van der Waals surface area contributed by atoms with Crippen molar-refractivity contribution in [3.8, 4) is 0 Å². The van der Waals surface area contributed by atoms with Crippen LogP contribution in [-0.4, -0.2) is 85.4 Å². The van der Waals surface area contributed by atoms with Crippen LogP contribution in [0.25, 0.3) is 0 Å². The number of rotatable bonds is 1. The molecule has 4 N–H and O–H groups in total. The molecule has 3 heterocycles. The largest absolute Gasteiger partial charge is 0.394 e. The lowest BCUT2D eigenvalue weighted by Gasteiger charge is -2.44. The molecule has 0 bridgehead atoms. The van der Waals surface area contributed by atoms with Crippen LogP contribution in [0.3, 0.4) is 0 Å². The van der Waals surface area contributed by atoms with Gasteiger partial charge >= 0.3 is 0 Å². The Morgan fingerprint density at radius 2 is 2.16 bits per heavy atom. The lowest BCUT2D eigenvalue weighted by molar-refractivity contribution is -0.238. The van der Waals surface area contributed by atoms with Gasteiger partial charge in [0.15, 0.2) is 5.17 Å². The van der Waals surface area contributed by atoms with Gasteiger partial charge in [0.25, 0.3) is 5.91 Å². The molecule has 0 unspecified atom stereocenters. The number of nitrogens with zero attached hydrogens (tertiary/aromatic N) is 2. The number of fused-ring (bicyclic) bond motifs is 1. The number of carbonyl (C=O) groups is 1. The first-order valence-electron chi connectivity index (χ1n) is 5.89. The molecular weight excluding hydrogens is 276 g/mol. The van der Waals surface area contributed by atoms with Gasteiger partial charge in [-0.2, -0.15) is 0 Å². The summed E-state index contributed by atoms with van der Waals surface area (Å²) < 4.78 is 5.41. The standard InChI is InChI=1S/C10H14N2O6S/c13-3-4-5(14)6(15)7(16)10(18-4)8(17)12-2-1-11-9(12)19-10/h4-7,13-16H,1-3H2/t4-,5-,6+,7-,10-/m1/s1. The minimum absolute atomic E-state index is 0.404. The van der Waals surface area contributed by atoms with Crippen LogP contribution in [0.1, 0.15) is 0 Å². The monoisotopic (exact) mass is 290 g/mol. The van der Waals surface area contributed by atoms with Crippen molar-refractivity contribution in [2.75, 3.05) is 19.7 Å². The predicted molar refractivity (Wildman–Crippen MR) is 64.3 cm³/mol. The summed E-state index contributed by atoms with van der Waals surface area (Å²) in [5.74, 6) is -0.509. The quantitative estimate of drug-likeness (QED) is 0.408. The summed E-state index contributed by atoms with van der Waals surface area (Å²) in [5, 5.41) is 39.2. The third kappa shape index (κ3) is 1.66. The van der Waals surface area contributed by atoms with E-state index in [4.69, 9.17) is 9.84 Å². The molecular formula is C10H14N2O6S. The van der Waals surface area contributed by atoms with E-state index in [9.17, 15) is 20.1 Å². The van der Waals surface area contributed by atoms with E-state index >= 15 is 0 Å². The number of thioether (sulfide) groups is 1. The van der Waals surface area contributed by atoms with Crippen molar-refractivity contribution in [3.63, 3.8) is 0 Å². The van der Waals surface area contributed by atoms with Crippen molar-refractivity contribution >= 4 is 22.8 Å². The molecule has 3 aliphatic rings. The van der Waals surface area contributed by atoms with E-state index in [0.29, 0.717) is 18.3 Å². The van der Waals surface area contributed by atoms with Crippen LogP contribution in [0.5, 0.6) is 0 Å². The van der Waals surface area contributed by atoms with Gasteiger partial charge in [0, 0.05) is 6.54 Å². The van der Waals surface area contributed by atoms with Crippen LogP contribution in [-0.2, 0) is 9.53 Å². The number of aliphatic imine (C=N–C) groups is 1. The average Bonchev–Trinajstić information content (AvgIpc) is 2.95. The molecule has 1 amide bonds. The van der Waals surface area contributed by atoms with E-state index < -0.39 is 41.9 Å². The number of aliphatic hydroxyl groups excluding tert-OH is 4. The molecule has 3 rings (SSSR count). The number of hydrogen-bond acceptors (Lipinski definition) is 8. The third-order valence-electron chi connectivity index (χ3n) is 3.54. The van der Waals surface area contributed by atoms with Gasteiger partial charge in [-0.3, -0.25) is 14.7 Å². The lowest BCUT2D eigenvalue weighted by atomic mass is 9.94. The summed E-state index contributed by atoms with van der Waals surface area (Å²) in [6, 6.07) is 0. The first-order chi connectivity index (χ1) is 9.01. The van der Waals surface area contributed by atoms with Gasteiger partial charge in [-0.1, -0.05) is 0 Å². The summed E-state index contributed by atoms with van der Waals surface area (Å²) >= 11 is 0.918. The maximum atomic E-state index is 12.4. The maximum Gasteiger partial charge on any atom is 0.274 e. The fourth-order valence-corrected chi connectivity index (χ4v) is 3.81.